The number of aliphatic hydroxyl groups excluding tert-OH is 4. The molecule has 0 saturated carbocycles. The zero-order valence-corrected chi connectivity index (χ0v) is 47.3. The van der Waals surface area contributed by atoms with Crippen LogP contribution in [0.15, 0.2) is 24.3 Å². The first-order valence-corrected chi connectivity index (χ1v) is 31.7. The van der Waals surface area contributed by atoms with Crippen LogP contribution in [0.5, 0.6) is 0 Å². The normalized spacial score (nSPS) is 13.7. The van der Waals surface area contributed by atoms with E-state index in [4.69, 9.17) is 0 Å². The van der Waals surface area contributed by atoms with Crippen molar-refractivity contribution in [3.63, 3.8) is 0 Å². The van der Waals surface area contributed by atoms with E-state index < -0.39 is 36.9 Å². The summed E-state index contributed by atoms with van der Waals surface area (Å²) in [6.07, 6.45) is 72.8. The third-order valence-corrected chi connectivity index (χ3v) is 15.1. The second kappa shape index (κ2) is 58.7. The van der Waals surface area contributed by atoms with Crippen molar-refractivity contribution in [2.75, 3.05) is 6.61 Å². The molecular formula is C64H125NO5. The predicted molar refractivity (Wildman–Crippen MR) is 307 cm³/mol. The Morgan fingerprint density at radius 2 is 0.586 bits per heavy atom. The number of carbonyl (C=O) groups is 1. The van der Waals surface area contributed by atoms with E-state index in [1.807, 2.05) is 0 Å². The molecule has 0 radical (unpaired) electrons. The Morgan fingerprint density at radius 3 is 0.857 bits per heavy atom. The lowest BCUT2D eigenvalue weighted by Crippen LogP contribution is -2.53. The summed E-state index contributed by atoms with van der Waals surface area (Å²) >= 11 is 0. The third kappa shape index (κ3) is 51.7. The number of allylic oxidation sites excluding steroid dienone is 4. The molecule has 5 N–H and O–H groups in total. The molecule has 416 valence electrons. The minimum absolute atomic E-state index is 0.364. The Labute approximate surface area is 437 Å². The Hall–Kier alpha value is -1.21. The molecule has 0 aliphatic carbocycles. The van der Waals surface area contributed by atoms with E-state index in [1.54, 1.807) is 0 Å². The van der Waals surface area contributed by atoms with Crippen molar-refractivity contribution < 1.29 is 25.2 Å². The number of hydrogen-bond acceptors (Lipinski definition) is 5. The number of hydrogen-bond donors (Lipinski definition) is 5. The van der Waals surface area contributed by atoms with E-state index in [-0.39, 0.29) is 0 Å². The van der Waals surface area contributed by atoms with Gasteiger partial charge < -0.3 is 25.7 Å². The van der Waals surface area contributed by atoms with Crippen LogP contribution >= 0.6 is 0 Å². The van der Waals surface area contributed by atoms with Gasteiger partial charge in [0, 0.05) is 0 Å². The highest BCUT2D eigenvalue weighted by Gasteiger charge is 2.28. The second-order valence-corrected chi connectivity index (χ2v) is 22.1. The van der Waals surface area contributed by atoms with Crippen LogP contribution in [-0.4, -0.2) is 57.3 Å². The molecule has 0 aromatic rings. The van der Waals surface area contributed by atoms with Crippen LogP contribution in [0.4, 0.5) is 0 Å². The minimum Gasteiger partial charge on any atom is -0.394 e. The van der Waals surface area contributed by atoms with Crippen molar-refractivity contribution in [2.24, 2.45) is 0 Å². The maximum Gasteiger partial charge on any atom is 0.249 e. The molecule has 0 rings (SSSR count). The minimum atomic E-state index is -1.28. The van der Waals surface area contributed by atoms with E-state index in [2.05, 4.69) is 43.5 Å². The number of carbonyl (C=O) groups excluding carboxylic acids is 1. The molecule has 4 unspecified atom stereocenters. The molecule has 0 aliphatic rings. The van der Waals surface area contributed by atoms with Crippen LogP contribution in [0.25, 0.3) is 0 Å². The van der Waals surface area contributed by atoms with Crippen LogP contribution in [0.2, 0.25) is 0 Å². The van der Waals surface area contributed by atoms with Crippen molar-refractivity contribution in [1.82, 2.24) is 5.32 Å². The molecule has 6 nitrogen and oxygen atoms in total. The van der Waals surface area contributed by atoms with Crippen molar-refractivity contribution in [3.8, 4) is 0 Å². The molecule has 1 amide bonds. The molecule has 0 spiro atoms. The standard InChI is InChI=1S/C64H125NO5/c1-3-5-7-9-11-13-15-17-19-21-23-25-27-29-31-33-35-37-39-41-43-45-47-49-51-53-55-57-61(67)63(69)60(59-66)65-64(70)62(68)58-56-54-52-50-48-46-44-42-40-38-36-34-32-30-28-26-24-22-20-18-16-14-12-10-8-6-4-2/h30,32,49,51,60-63,66-69H,3-29,31,33-48,50,52-59H2,1-2H3,(H,65,70)/b32-30-,51-49+. The van der Waals surface area contributed by atoms with Gasteiger partial charge in [0.2, 0.25) is 5.91 Å². The van der Waals surface area contributed by atoms with Gasteiger partial charge in [0.25, 0.3) is 0 Å². The van der Waals surface area contributed by atoms with Gasteiger partial charge >= 0.3 is 0 Å². The van der Waals surface area contributed by atoms with Crippen LogP contribution in [-0.2, 0) is 4.79 Å². The highest BCUT2D eigenvalue weighted by Crippen LogP contribution is 2.18. The largest absolute Gasteiger partial charge is 0.394 e. The van der Waals surface area contributed by atoms with Crippen LogP contribution in [0.3, 0.4) is 0 Å². The number of rotatable bonds is 59. The van der Waals surface area contributed by atoms with Crippen LogP contribution in [0, 0.1) is 0 Å². The molecule has 0 fully saturated rings. The lowest BCUT2D eigenvalue weighted by molar-refractivity contribution is -0.132. The van der Waals surface area contributed by atoms with E-state index in [0.717, 1.165) is 38.5 Å². The lowest BCUT2D eigenvalue weighted by Gasteiger charge is -2.27. The number of nitrogens with one attached hydrogen (secondary N) is 1. The fourth-order valence-electron chi connectivity index (χ4n) is 10.2. The lowest BCUT2D eigenvalue weighted by atomic mass is 10.00. The summed E-state index contributed by atoms with van der Waals surface area (Å²) in [6, 6.07) is -1.00. The van der Waals surface area contributed by atoms with Crippen molar-refractivity contribution in [1.29, 1.82) is 0 Å². The van der Waals surface area contributed by atoms with Crippen LogP contribution < -0.4 is 5.32 Å². The first kappa shape index (κ1) is 68.8. The van der Waals surface area contributed by atoms with Gasteiger partial charge in [-0.2, -0.15) is 0 Å². The number of aliphatic hydroxyl groups is 4. The Morgan fingerprint density at radius 1 is 0.343 bits per heavy atom. The molecule has 70 heavy (non-hydrogen) atoms. The highest BCUT2D eigenvalue weighted by molar-refractivity contribution is 5.80. The molecule has 0 aliphatic heterocycles. The Kier molecular flexibility index (Phi) is 57.7. The fourth-order valence-corrected chi connectivity index (χ4v) is 10.2. The number of unbranched alkanes of at least 4 members (excludes halogenated alkanes) is 46. The third-order valence-electron chi connectivity index (χ3n) is 15.1. The average molecular weight is 989 g/mol. The van der Waals surface area contributed by atoms with Crippen LogP contribution in [0.1, 0.15) is 348 Å². The number of amides is 1. The molecule has 0 bridgehead atoms. The van der Waals surface area contributed by atoms with E-state index in [9.17, 15) is 25.2 Å². The van der Waals surface area contributed by atoms with Crippen molar-refractivity contribution in [3.05, 3.63) is 24.3 Å². The monoisotopic (exact) mass is 988 g/mol. The average Bonchev–Trinajstić information content (AvgIpc) is 3.36. The summed E-state index contributed by atoms with van der Waals surface area (Å²) < 4.78 is 0. The summed E-state index contributed by atoms with van der Waals surface area (Å²) in [5.41, 5.74) is 0. The highest BCUT2D eigenvalue weighted by atomic mass is 16.3. The second-order valence-electron chi connectivity index (χ2n) is 22.1. The molecule has 4 atom stereocenters. The van der Waals surface area contributed by atoms with Gasteiger partial charge in [-0.1, -0.05) is 308 Å². The summed E-state index contributed by atoms with van der Waals surface area (Å²) in [7, 11) is 0. The zero-order valence-electron chi connectivity index (χ0n) is 47.3. The molecule has 6 heteroatoms. The van der Waals surface area contributed by atoms with Gasteiger partial charge in [-0.25, -0.2) is 0 Å². The molecular weight excluding hydrogens is 863 g/mol. The van der Waals surface area contributed by atoms with Gasteiger partial charge in [-0.05, 0) is 64.2 Å². The Bertz CT molecular complexity index is 1060. The van der Waals surface area contributed by atoms with E-state index >= 15 is 0 Å². The van der Waals surface area contributed by atoms with Gasteiger partial charge in [-0.15, -0.1) is 0 Å². The van der Waals surface area contributed by atoms with Gasteiger partial charge in [0.1, 0.15) is 12.2 Å². The maximum absolute atomic E-state index is 12.6. The topological polar surface area (TPSA) is 110 Å². The molecule has 0 aromatic heterocycles. The summed E-state index contributed by atoms with van der Waals surface area (Å²) in [5, 5.41) is 44.1. The molecule has 0 heterocycles. The summed E-state index contributed by atoms with van der Waals surface area (Å²) in [5.74, 6) is -0.588. The first-order valence-electron chi connectivity index (χ1n) is 31.7. The quantitative estimate of drug-likeness (QED) is 0.0308. The summed E-state index contributed by atoms with van der Waals surface area (Å²) in [6.45, 7) is 4.09. The van der Waals surface area contributed by atoms with E-state index in [1.165, 1.54) is 283 Å². The van der Waals surface area contributed by atoms with Crippen molar-refractivity contribution >= 4 is 5.91 Å². The first-order chi connectivity index (χ1) is 34.5. The molecule has 0 aromatic carbocycles. The predicted octanol–water partition coefficient (Wildman–Crippen LogP) is 19.0. The van der Waals surface area contributed by atoms with Gasteiger partial charge in [0.15, 0.2) is 0 Å². The van der Waals surface area contributed by atoms with Crippen molar-refractivity contribution in [2.45, 2.75) is 372 Å². The zero-order chi connectivity index (χ0) is 50.9. The maximum atomic E-state index is 12.6. The summed E-state index contributed by atoms with van der Waals surface area (Å²) in [4.78, 5) is 12.6. The van der Waals surface area contributed by atoms with Gasteiger partial charge in [-0.3, -0.25) is 4.79 Å². The molecule has 0 saturated heterocycles. The smallest absolute Gasteiger partial charge is 0.249 e. The van der Waals surface area contributed by atoms with Gasteiger partial charge in [0.05, 0.1) is 18.8 Å². The SMILES string of the molecule is CCCCCCCCCCCCCC/C=C\CCCCCCCCCCCCCC(O)C(=O)NC(CO)C(O)C(O)CCC/C=C/CCCCCCCCCCCCCCCCCCCCCCCC. The fraction of sp³-hybridized carbons (Fsp3) is 0.922. The Balaban J connectivity index is 3.60. The van der Waals surface area contributed by atoms with E-state index in [0.29, 0.717) is 12.8 Å².